The molecule has 0 radical (unpaired) electrons. The fraction of sp³-hybridized carbons (Fsp3) is 0.111. The van der Waals surface area contributed by atoms with E-state index < -0.39 is 41.1 Å². The van der Waals surface area contributed by atoms with E-state index in [1.54, 1.807) is 6.07 Å². The smallest absolute Gasteiger partial charge is 0.331 e. The molecule has 0 aromatic heterocycles. The Labute approximate surface area is 141 Å². The van der Waals surface area contributed by atoms with Gasteiger partial charge in [-0.2, -0.15) is 0 Å². The van der Waals surface area contributed by atoms with Crippen LogP contribution in [-0.4, -0.2) is 18.0 Å². The summed E-state index contributed by atoms with van der Waals surface area (Å²) < 4.78 is 45.2. The summed E-state index contributed by atoms with van der Waals surface area (Å²) in [6.45, 7) is 1.24. The van der Waals surface area contributed by atoms with Crippen LogP contribution in [0.1, 0.15) is 12.5 Å². The highest BCUT2D eigenvalue weighted by molar-refractivity contribution is 5.96. The van der Waals surface area contributed by atoms with Crippen LogP contribution in [0.15, 0.2) is 48.5 Å². The Morgan fingerprint density at radius 1 is 1.00 bits per heavy atom. The van der Waals surface area contributed by atoms with Crippen LogP contribution < -0.4 is 5.32 Å². The molecule has 1 atom stereocenters. The molecule has 0 aliphatic heterocycles. The molecule has 25 heavy (non-hydrogen) atoms. The van der Waals surface area contributed by atoms with Gasteiger partial charge in [-0.05, 0) is 31.2 Å². The van der Waals surface area contributed by atoms with Gasteiger partial charge in [-0.1, -0.05) is 24.3 Å². The fourth-order valence-corrected chi connectivity index (χ4v) is 1.88. The molecule has 1 N–H and O–H groups in total. The minimum absolute atomic E-state index is 0.171. The number of benzene rings is 2. The van der Waals surface area contributed by atoms with Crippen LogP contribution in [0.25, 0.3) is 6.08 Å². The second-order valence-electron chi connectivity index (χ2n) is 5.02. The molecule has 0 unspecified atom stereocenters. The van der Waals surface area contributed by atoms with E-state index in [9.17, 15) is 22.8 Å². The molecule has 2 aromatic rings. The van der Waals surface area contributed by atoms with Gasteiger partial charge in [-0.3, -0.25) is 4.79 Å². The van der Waals surface area contributed by atoms with Crippen molar-refractivity contribution in [2.75, 3.05) is 5.32 Å². The van der Waals surface area contributed by atoms with Crippen LogP contribution in [0.2, 0.25) is 0 Å². The average Bonchev–Trinajstić information content (AvgIpc) is 2.57. The number of nitrogens with one attached hydrogen (secondary N) is 1. The van der Waals surface area contributed by atoms with Gasteiger partial charge in [0.1, 0.15) is 23.1 Å². The van der Waals surface area contributed by atoms with Gasteiger partial charge in [0.25, 0.3) is 5.91 Å². The van der Waals surface area contributed by atoms with Crippen molar-refractivity contribution in [1.82, 2.24) is 0 Å². The van der Waals surface area contributed by atoms with Gasteiger partial charge in [-0.15, -0.1) is 0 Å². The van der Waals surface area contributed by atoms with Crippen molar-refractivity contribution in [1.29, 1.82) is 0 Å². The van der Waals surface area contributed by atoms with Crippen molar-refractivity contribution in [2.24, 2.45) is 0 Å². The molecule has 7 heteroatoms. The third-order valence-electron chi connectivity index (χ3n) is 3.18. The van der Waals surface area contributed by atoms with Crippen molar-refractivity contribution < 1.29 is 27.5 Å². The first-order chi connectivity index (χ1) is 11.9. The van der Waals surface area contributed by atoms with Gasteiger partial charge in [-0.25, -0.2) is 18.0 Å². The lowest BCUT2D eigenvalue weighted by molar-refractivity contribution is -0.148. The van der Waals surface area contributed by atoms with Gasteiger partial charge in [0.05, 0.1) is 0 Å². The summed E-state index contributed by atoms with van der Waals surface area (Å²) in [6.07, 6.45) is 0.835. The van der Waals surface area contributed by atoms with Crippen LogP contribution >= 0.6 is 0 Å². The number of hydrogen-bond donors (Lipinski definition) is 1. The predicted octanol–water partition coefficient (Wildman–Crippen LogP) is 3.69. The molecule has 2 rings (SSSR count). The van der Waals surface area contributed by atoms with Crippen LogP contribution in [0.4, 0.5) is 18.9 Å². The highest BCUT2D eigenvalue weighted by Gasteiger charge is 2.20. The molecule has 0 spiro atoms. The number of esters is 1. The lowest BCUT2D eigenvalue weighted by Crippen LogP contribution is -2.30. The van der Waals surface area contributed by atoms with E-state index >= 15 is 0 Å². The molecular weight excluding hydrogens is 335 g/mol. The number of carbonyl (C=O) groups excluding carboxylic acids is 2. The van der Waals surface area contributed by atoms with Crippen LogP contribution in [-0.2, 0) is 14.3 Å². The zero-order valence-corrected chi connectivity index (χ0v) is 13.1. The molecule has 0 saturated heterocycles. The minimum atomic E-state index is -1.31. The van der Waals surface area contributed by atoms with Crippen molar-refractivity contribution in [3.8, 4) is 0 Å². The quantitative estimate of drug-likeness (QED) is 0.662. The van der Waals surface area contributed by atoms with E-state index in [4.69, 9.17) is 4.74 Å². The summed E-state index contributed by atoms with van der Waals surface area (Å²) in [5, 5.41) is 2.02. The molecule has 0 bridgehead atoms. The summed E-state index contributed by atoms with van der Waals surface area (Å²) in [4.78, 5) is 23.5. The maximum Gasteiger partial charge on any atom is 0.331 e. The average molecular weight is 349 g/mol. The largest absolute Gasteiger partial charge is 0.449 e. The molecule has 2 aromatic carbocycles. The van der Waals surface area contributed by atoms with Crippen LogP contribution in [0.5, 0.6) is 0 Å². The molecule has 130 valence electrons. The molecule has 1 amide bonds. The topological polar surface area (TPSA) is 55.4 Å². The monoisotopic (exact) mass is 349 g/mol. The number of carbonyl (C=O) groups is 2. The van der Waals surface area contributed by atoms with Gasteiger partial charge in [0.15, 0.2) is 6.10 Å². The number of halogens is 3. The molecule has 4 nitrogen and oxygen atoms in total. The van der Waals surface area contributed by atoms with E-state index in [1.165, 1.54) is 31.2 Å². The summed E-state index contributed by atoms with van der Waals surface area (Å²) in [5.74, 6) is -4.23. The minimum Gasteiger partial charge on any atom is -0.449 e. The van der Waals surface area contributed by atoms with Crippen LogP contribution in [0, 0.1) is 17.5 Å². The lowest BCUT2D eigenvalue weighted by atomic mass is 10.2. The first kappa shape index (κ1) is 18.3. The maximum atomic E-state index is 13.5. The zero-order chi connectivity index (χ0) is 18.4. The molecule has 0 saturated carbocycles. The highest BCUT2D eigenvalue weighted by Crippen LogP contribution is 2.18. The molecule has 0 aliphatic carbocycles. The third kappa shape index (κ3) is 4.94. The van der Waals surface area contributed by atoms with E-state index in [-0.39, 0.29) is 5.56 Å². The number of para-hydroxylation sites is 1. The molecular formula is C18H14F3NO3. The fourth-order valence-electron chi connectivity index (χ4n) is 1.88. The van der Waals surface area contributed by atoms with Crippen molar-refractivity contribution >= 4 is 23.6 Å². The summed E-state index contributed by atoms with van der Waals surface area (Å²) in [5.41, 5.74) is -0.456. The Kier molecular flexibility index (Phi) is 5.94. The second kappa shape index (κ2) is 8.14. The van der Waals surface area contributed by atoms with Gasteiger partial charge < -0.3 is 10.1 Å². The Hall–Kier alpha value is -3.09. The summed E-state index contributed by atoms with van der Waals surface area (Å²) in [7, 11) is 0. The van der Waals surface area contributed by atoms with E-state index in [2.05, 4.69) is 0 Å². The van der Waals surface area contributed by atoms with Gasteiger partial charge >= 0.3 is 5.97 Å². The van der Waals surface area contributed by atoms with Crippen molar-refractivity contribution in [3.63, 3.8) is 0 Å². The SMILES string of the molecule is C[C@@H](OC(=O)/C=C/c1ccccc1F)C(=O)Nc1c(F)cccc1F. The molecule has 0 aliphatic rings. The van der Waals surface area contributed by atoms with Gasteiger partial charge in [0, 0.05) is 11.6 Å². The first-order valence-corrected chi connectivity index (χ1v) is 7.26. The van der Waals surface area contributed by atoms with Gasteiger partial charge in [0.2, 0.25) is 0 Å². The maximum absolute atomic E-state index is 13.5. The first-order valence-electron chi connectivity index (χ1n) is 7.26. The second-order valence-corrected chi connectivity index (χ2v) is 5.02. The van der Waals surface area contributed by atoms with E-state index in [1.807, 2.05) is 5.32 Å². The summed E-state index contributed by atoms with van der Waals surface area (Å²) in [6, 6.07) is 8.88. The lowest BCUT2D eigenvalue weighted by Gasteiger charge is -2.13. The zero-order valence-electron chi connectivity index (χ0n) is 13.1. The predicted molar refractivity (Wildman–Crippen MR) is 86.0 cm³/mol. The van der Waals surface area contributed by atoms with E-state index in [0.717, 1.165) is 24.3 Å². The molecule has 0 fully saturated rings. The standard InChI is InChI=1S/C18H14F3NO3/c1-11(18(24)22-17-14(20)7-4-8-15(17)21)25-16(23)10-9-12-5-2-3-6-13(12)19/h2-11H,1H3,(H,22,24)/b10-9+/t11-/m1/s1. The Morgan fingerprint density at radius 3 is 2.24 bits per heavy atom. The Morgan fingerprint density at radius 2 is 1.60 bits per heavy atom. The highest BCUT2D eigenvalue weighted by atomic mass is 19.1. The number of anilines is 1. The number of amides is 1. The third-order valence-corrected chi connectivity index (χ3v) is 3.18. The number of rotatable bonds is 5. The normalized spacial score (nSPS) is 12.0. The van der Waals surface area contributed by atoms with E-state index in [0.29, 0.717) is 0 Å². The Balaban J connectivity index is 1.97. The van der Waals surface area contributed by atoms with Crippen molar-refractivity contribution in [3.05, 3.63) is 71.6 Å². The summed E-state index contributed by atoms with van der Waals surface area (Å²) >= 11 is 0. The Bertz CT molecular complexity index is 801. The molecule has 0 heterocycles. The number of ether oxygens (including phenoxy) is 1. The van der Waals surface area contributed by atoms with Crippen LogP contribution in [0.3, 0.4) is 0 Å². The number of hydrogen-bond acceptors (Lipinski definition) is 3. The van der Waals surface area contributed by atoms with Crippen molar-refractivity contribution in [2.45, 2.75) is 13.0 Å².